The lowest BCUT2D eigenvalue weighted by atomic mass is 9.85. The van der Waals surface area contributed by atoms with Crippen molar-refractivity contribution in [2.75, 3.05) is 6.54 Å². The zero-order chi connectivity index (χ0) is 41.8. The molecule has 314 valence electrons. The van der Waals surface area contributed by atoms with Crippen LogP contribution in [0.1, 0.15) is 140 Å². The molecule has 0 bridgehead atoms. The van der Waals surface area contributed by atoms with E-state index in [1.54, 1.807) is 17.4 Å². The number of hydrogen-bond acceptors (Lipinski definition) is 8. The largest absolute Gasteiger partial charge is 0.391 e. The normalized spacial score (nSPS) is 17.0. The topological polar surface area (TPSA) is 166 Å². The van der Waals surface area contributed by atoms with Gasteiger partial charge in [-0.25, -0.2) is 4.98 Å². The number of likely N-dealkylation sites (tertiary alicyclic amines) is 1. The molecule has 0 saturated carbocycles. The van der Waals surface area contributed by atoms with E-state index in [-0.39, 0.29) is 41.6 Å². The first-order chi connectivity index (χ1) is 27.0. The predicted octanol–water partition coefficient (Wildman–Crippen LogP) is 8.27. The number of aryl methyl sites for hydroxylation is 3. The maximum Gasteiger partial charge on any atom is 0.294 e. The number of aliphatic hydroxyl groups excluding tert-OH is 1. The number of amides is 3. The molecule has 1 aliphatic heterocycles. The number of nitrogens with one attached hydrogen (secondary N) is 2. The summed E-state index contributed by atoms with van der Waals surface area (Å²) in [5.41, 5.74) is 5.83. The third-order valence-corrected chi connectivity index (χ3v) is 12.8. The number of β-amino-alcohol motifs (C(OH)–C–C–N with tert-alkyl or cyclic N) is 1. The van der Waals surface area contributed by atoms with E-state index in [0.29, 0.717) is 18.4 Å². The number of benzene rings is 2. The molecule has 0 unspecified atom stereocenters. The minimum absolute atomic E-state index is 0.0142. The van der Waals surface area contributed by atoms with E-state index < -0.39 is 33.7 Å². The summed E-state index contributed by atoms with van der Waals surface area (Å²) in [6, 6.07) is 11.0. The van der Waals surface area contributed by atoms with Gasteiger partial charge in [-0.05, 0) is 68.2 Å². The van der Waals surface area contributed by atoms with E-state index in [9.17, 15) is 32.5 Å². The standard InChI is InChI=1S/C44H64N4O7S2/c1-30-20-25-38(57(53,54)55)35(26-30)18-16-14-12-10-8-7-9-11-13-15-17-19-39(50)47-41(44(4,5)6)43(52)48-28-36(49)27-37(48)42(51)46-31(2)33-21-23-34(24-22-33)40-32(3)45-29-56-40/h20-26,29,31,36-37,41,49H,7-19,27-28H2,1-6H3,(H,46,51)(H,47,50)(H,53,54,55)/t31-,36+,37-,41+/m0/s1. The summed E-state index contributed by atoms with van der Waals surface area (Å²) < 4.78 is 32.9. The fourth-order valence-corrected chi connectivity index (χ4v) is 9.14. The second-order valence-corrected chi connectivity index (χ2v) is 19.1. The monoisotopic (exact) mass is 824 g/mol. The zero-order valence-electron chi connectivity index (χ0n) is 34.7. The van der Waals surface area contributed by atoms with Crippen molar-refractivity contribution >= 4 is 39.2 Å². The fraction of sp³-hybridized carbons (Fsp3) is 0.591. The van der Waals surface area contributed by atoms with Crippen LogP contribution in [-0.2, 0) is 30.9 Å². The van der Waals surface area contributed by atoms with Crippen LogP contribution in [0.5, 0.6) is 0 Å². The summed E-state index contributed by atoms with van der Waals surface area (Å²) in [4.78, 5) is 47.6. The maximum absolute atomic E-state index is 14.0. The second kappa shape index (κ2) is 21.4. The van der Waals surface area contributed by atoms with Gasteiger partial charge >= 0.3 is 0 Å². The second-order valence-electron chi connectivity index (χ2n) is 16.9. The van der Waals surface area contributed by atoms with Gasteiger partial charge in [0.15, 0.2) is 0 Å². The predicted molar refractivity (Wildman–Crippen MR) is 226 cm³/mol. The van der Waals surface area contributed by atoms with Gasteiger partial charge in [-0.3, -0.25) is 18.9 Å². The highest BCUT2D eigenvalue weighted by Gasteiger charge is 2.44. The molecule has 4 atom stereocenters. The summed E-state index contributed by atoms with van der Waals surface area (Å²) >= 11 is 1.58. The molecule has 57 heavy (non-hydrogen) atoms. The molecule has 2 heterocycles. The number of carbonyl (C=O) groups excluding carboxylic acids is 3. The Labute approximate surface area is 344 Å². The van der Waals surface area contributed by atoms with E-state index in [2.05, 4.69) is 15.6 Å². The van der Waals surface area contributed by atoms with E-state index >= 15 is 0 Å². The van der Waals surface area contributed by atoms with Crippen molar-refractivity contribution in [1.82, 2.24) is 20.5 Å². The lowest BCUT2D eigenvalue weighted by Crippen LogP contribution is -2.57. The average molecular weight is 825 g/mol. The third kappa shape index (κ3) is 14.0. The molecule has 3 aromatic rings. The van der Waals surface area contributed by atoms with Crippen molar-refractivity contribution in [3.63, 3.8) is 0 Å². The molecule has 1 aromatic heterocycles. The average Bonchev–Trinajstić information content (AvgIpc) is 3.76. The van der Waals surface area contributed by atoms with Crippen LogP contribution in [0.15, 0.2) is 52.9 Å². The van der Waals surface area contributed by atoms with Crippen molar-refractivity contribution in [3.05, 3.63) is 70.4 Å². The van der Waals surface area contributed by atoms with Crippen molar-refractivity contribution in [2.24, 2.45) is 5.41 Å². The molecule has 1 fully saturated rings. The van der Waals surface area contributed by atoms with Gasteiger partial charge in [0, 0.05) is 19.4 Å². The molecule has 0 aliphatic carbocycles. The number of unbranched alkanes of at least 4 members (excludes halogenated alkanes) is 10. The van der Waals surface area contributed by atoms with Crippen LogP contribution < -0.4 is 10.6 Å². The Balaban J connectivity index is 1.13. The van der Waals surface area contributed by atoms with Gasteiger partial charge in [-0.2, -0.15) is 8.42 Å². The summed E-state index contributed by atoms with van der Waals surface area (Å²) in [5, 5.41) is 16.6. The Hall–Kier alpha value is -3.65. The summed E-state index contributed by atoms with van der Waals surface area (Å²) in [6.45, 7) is 11.5. The molecule has 0 spiro atoms. The van der Waals surface area contributed by atoms with Crippen molar-refractivity contribution < 1.29 is 32.5 Å². The van der Waals surface area contributed by atoms with Gasteiger partial charge in [-0.15, -0.1) is 11.3 Å². The number of carbonyl (C=O) groups is 3. The summed E-state index contributed by atoms with van der Waals surface area (Å²) in [6.07, 6.45) is 11.6. The molecule has 4 N–H and O–H groups in total. The molecule has 1 saturated heterocycles. The molecule has 3 amide bonds. The van der Waals surface area contributed by atoms with Crippen molar-refractivity contribution in [3.8, 4) is 10.4 Å². The SMILES string of the molecule is Cc1ccc(S(=O)(=O)O)c(CCCCCCCCCCCCCC(=O)N[C@H](C(=O)N2C[C@H](O)C[C@H]2C(=O)N[C@@H](C)c2ccc(-c3scnc3C)cc2)C(C)(C)C)c1. The smallest absolute Gasteiger partial charge is 0.294 e. The van der Waals surface area contributed by atoms with Crippen LogP contribution in [0.3, 0.4) is 0 Å². The maximum atomic E-state index is 14.0. The van der Waals surface area contributed by atoms with Crippen LogP contribution in [0.25, 0.3) is 10.4 Å². The molecular weight excluding hydrogens is 761 g/mol. The van der Waals surface area contributed by atoms with Crippen LogP contribution in [0.2, 0.25) is 0 Å². The number of aromatic nitrogens is 1. The summed E-state index contributed by atoms with van der Waals surface area (Å²) in [5.74, 6) is -0.880. The first kappa shape index (κ1) is 46.0. The molecule has 1 aliphatic rings. The quantitative estimate of drug-likeness (QED) is 0.0616. The lowest BCUT2D eigenvalue weighted by Gasteiger charge is -2.35. The van der Waals surface area contributed by atoms with Gasteiger partial charge in [0.2, 0.25) is 17.7 Å². The van der Waals surface area contributed by atoms with Gasteiger partial charge in [0.1, 0.15) is 12.1 Å². The first-order valence-electron chi connectivity index (χ1n) is 20.6. The Morgan fingerprint density at radius 3 is 2.05 bits per heavy atom. The number of hydrogen-bond donors (Lipinski definition) is 4. The van der Waals surface area contributed by atoms with Crippen LogP contribution in [0, 0.1) is 19.3 Å². The lowest BCUT2D eigenvalue weighted by molar-refractivity contribution is -0.144. The first-order valence-corrected chi connectivity index (χ1v) is 22.9. The highest BCUT2D eigenvalue weighted by atomic mass is 32.2. The Morgan fingerprint density at radius 2 is 1.49 bits per heavy atom. The van der Waals surface area contributed by atoms with Crippen molar-refractivity contribution in [1.29, 1.82) is 0 Å². The van der Waals surface area contributed by atoms with E-state index in [0.717, 1.165) is 97.9 Å². The molecule has 13 heteroatoms. The number of thiazole rings is 1. The third-order valence-electron chi connectivity index (χ3n) is 10.9. The molecule has 0 radical (unpaired) electrons. The molecule has 2 aromatic carbocycles. The number of aliphatic hydroxyl groups is 1. The fourth-order valence-electron chi connectivity index (χ4n) is 7.60. The van der Waals surface area contributed by atoms with Crippen LogP contribution >= 0.6 is 11.3 Å². The van der Waals surface area contributed by atoms with Crippen LogP contribution in [-0.4, -0.2) is 70.4 Å². The van der Waals surface area contributed by atoms with E-state index in [1.165, 1.54) is 11.0 Å². The highest BCUT2D eigenvalue weighted by Crippen LogP contribution is 2.30. The Morgan fingerprint density at radius 1 is 0.895 bits per heavy atom. The van der Waals surface area contributed by atoms with Gasteiger partial charge in [-0.1, -0.05) is 121 Å². The minimum atomic E-state index is -4.21. The zero-order valence-corrected chi connectivity index (χ0v) is 36.3. The van der Waals surface area contributed by atoms with Crippen molar-refractivity contribution in [2.45, 2.75) is 161 Å². The van der Waals surface area contributed by atoms with E-state index in [1.807, 2.05) is 77.4 Å². The van der Waals surface area contributed by atoms with Gasteiger partial charge < -0.3 is 20.6 Å². The van der Waals surface area contributed by atoms with E-state index in [4.69, 9.17) is 0 Å². The Bertz CT molecular complexity index is 1890. The number of rotatable bonds is 21. The molecule has 4 rings (SSSR count). The minimum Gasteiger partial charge on any atom is -0.391 e. The highest BCUT2D eigenvalue weighted by molar-refractivity contribution is 7.85. The Kier molecular flexibility index (Phi) is 17.3. The van der Waals surface area contributed by atoms with Crippen LogP contribution in [0.4, 0.5) is 0 Å². The van der Waals surface area contributed by atoms with Gasteiger partial charge in [0.25, 0.3) is 10.1 Å². The van der Waals surface area contributed by atoms with Gasteiger partial charge in [0.05, 0.1) is 33.1 Å². The summed E-state index contributed by atoms with van der Waals surface area (Å²) in [7, 11) is -4.21. The molecule has 11 nitrogen and oxygen atoms in total. The molecular formula is C44H64N4O7S2. The number of nitrogens with zero attached hydrogens (tertiary/aromatic N) is 2.